The highest BCUT2D eigenvalue weighted by Gasteiger charge is 2.15. The number of aliphatic hydroxyl groups excluding tert-OH is 1. The molecule has 3 N–H and O–H groups in total. The minimum atomic E-state index is -1.10. The summed E-state index contributed by atoms with van der Waals surface area (Å²) in [5.74, 6) is -0.549. The molecule has 1 aromatic heterocycles. The summed E-state index contributed by atoms with van der Waals surface area (Å²) in [6.45, 7) is 4.45. The molecule has 7 heteroatoms. The predicted molar refractivity (Wildman–Crippen MR) is 74.1 cm³/mol. The molecular formula is C13H21N3O4. The number of ether oxygens (including phenoxy) is 1. The molecule has 0 amide bonds. The fourth-order valence-electron chi connectivity index (χ4n) is 1.62. The van der Waals surface area contributed by atoms with Gasteiger partial charge in [0.1, 0.15) is 5.82 Å². The SMILES string of the molecule is COCC(O)CCNc1cnc(C(C)C)nc1C(=O)O. The lowest BCUT2D eigenvalue weighted by molar-refractivity contribution is 0.0615. The number of nitrogens with one attached hydrogen (secondary N) is 1. The van der Waals surface area contributed by atoms with Gasteiger partial charge in [0.25, 0.3) is 0 Å². The number of aromatic carboxylic acids is 1. The minimum Gasteiger partial charge on any atom is -0.476 e. The van der Waals surface area contributed by atoms with E-state index >= 15 is 0 Å². The summed E-state index contributed by atoms with van der Waals surface area (Å²) in [5.41, 5.74) is 0.302. The van der Waals surface area contributed by atoms with Crippen molar-refractivity contribution in [3.63, 3.8) is 0 Å². The van der Waals surface area contributed by atoms with Crippen LogP contribution in [-0.4, -0.2) is 52.5 Å². The summed E-state index contributed by atoms with van der Waals surface area (Å²) in [7, 11) is 1.51. The molecule has 1 heterocycles. The third-order valence-corrected chi connectivity index (χ3v) is 2.68. The molecule has 0 aliphatic carbocycles. The maximum Gasteiger partial charge on any atom is 0.356 e. The Kier molecular flexibility index (Phi) is 6.33. The number of anilines is 1. The third kappa shape index (κ3) is 4.75. The molecule has 0 saturated carbocycles. The number of rotatable bonds is 8. The number of aromatic nitrogens is 2. The minimum absolute atomic E-state index is 0.0510. The van der Waals surface area contributed by atoms with Crippen LogP contribution in [0.15, 0.2) is 6.20 Å². The second kappa shape index (κ2) is 7.76. The quantitative estimate of drug-likeness (QED) is 0.656. The highest BCUT2D eigenvalue weighted by Crippen LogP contribution is 2.16. The van der Waals surface area contributed by atoms with Crippen molar-refractivity contribution < 1.29 is 19.7 Å². The van der Waals surface area contributed by atoms with Gasteiger partial charge >= 0.3 is 5.97 Å². The van der Waals surface area contributed by atoms with Crippen LogP contribution in [0.5, 0.6) is 0 Å². The molecule has 1 aromatic rings. The van der Waals surface area contributed by atoms with Gasteiger partial charge in [-0.15, -0.1) is 0 Å². The van der Waals surface area contributed by atoms with E-state index in [1.807, 2.05) is 13.8 Å². The fourth-order valence-corrected chi connectivity index (χ4v) is 1.62. The number of aliphatic hydroxyl groups is 1. The van der Waals surface area contributed by atoms with Crippen molar-refractivity contribution in [1.82, 2.24) is 9.97 Å². The maximum absolute atomic E-state index is 11.2. The Labute approximate surface area is 118 Å². The zero-order valence-electron chi connectivity index (χ0n) is 12.0. The van der Waals surface area contributed by atoms with Crippen molar-refractivity contribution >= 4 is 11.7 Å². The van der Waals surface area contributed by atoms with Gasteiger partial charge in [-0.1, -0.05) is 13.8 Å². The first-order valence-electron chi connectivity index (χ1n) is 6.46. The summed E-state index contributed by atoms with van der Waals surface area (Å²) in [4.78, 5) is 19.4. The monoisotopic (exact) mass is 283 g/mol. The van der Waals surface area contributed by atoms with Crippen LogP contribution in [0.1, 0.15) is 42.5 Å². The Hall–Kier alpha value is -1.73. The zero-order chi connectivity index (χ0) is 15.1. The van der Waals surface area contributed by atoms with E-state index in [1.54, 1.807) is 0 Å². The van der Waals surface area contributed by atoms with Gasteiger partial charge < -0.3 is 20.3 Å². The van der Waals surface area contributed by atoms with E-state index < -0.39 is 12.1 Å². The molecule has 0 spiro atoms. The Balaban J connectivity index is 2.72. The fraction of sp³-hybridized carbons (Fsp3) is 0.615. The summed E-state index contributed by atoms with van der Waals surface area (Å²) in [6.07, 6.45) is 1.32. The lowest BCUT2D eigenvalue weighted by Crippen LogP contribution is -2.19. The van der Waals surface area contributed by atoms with Crippen LogP contribution in [0.2, 0.25) is 0 Å². The van der Waals surface area contributed by atoms with Crippen LogP contribution in [-0.2, 0) is 4.74 Å². The van der Waals surface area contributed by atoms with Crippen LogP contribution < -0.4 is 5.32 Å². The molecule has 7 nitrogen and oxygen atoms in total. The summed E-state index contributed by atoms with van der Waals surface area (Å²) < 4.78 is 4.81. The average molecular weight is 283 g/mol. The standard InChI is InChI=1S/C13H21N3O4/c1-8(2)12-15-6-10(11(16-12)13(18)19)14-5-4-9(17)7-20-3/h6,8-9,14,17H,4-5,7H2,1-3H3,(H,18,19). The normalized spacial score (nSPS) is 12.4. The highest BCUT2D eigenvalue weighted by atomic mass is 16.5. The molecule has 20 heavy (non-hydrogen) atoms. The van der Waals surface area contributed by atoms with Crippen LogP contribution in [0.3, 0.4) is 0 Å². The molecule has 0 fully saturated rings. The van der Waals surface area contributed by atoms with Gasteiger partial charge in [0.2, 0.25) is 0 Å². The van der Waals surface area contributed by atoms with E-state index in [2.05, 4.69) is 15.3 Å². The Morgan fingerprint density at radius 2 is 2.20 bits per heavy atom. The predicted octanol–water partition coefficient (Wildman–Crippen LogP) is 1.11. The van der Waals surface area contributed by atoms with Crippen molar-refractivity contribution in [3.05, 3.63) is 17.7 Å². The first-order chi connectivity index (χ1) is 9.45. The van der Waals surface area contributed by atoms with Crippen molar-refractivity contribution in [2.45, 2.75) is 32.3 Å². The molecular weight excluding hydrogens is 262 g/mol. The van der Waals surface area contributed by atoms with Gasteiger partial charge in [-0.05, 0) is 6.42 Å². The Morgan fingerprint density at radius 1 is 1.50 bits per heavy atom. The maximum atomic E-state index is 11.2. The number of hydrogen-bond donors (Lipinski definition) is 3. The van der Waals surface area contributed by atoms with E-state index in [1.165, 1.54) is 13.3 Å². The zero-order valence-corrected chi connectivity index (χ0v) is 12.0. The van der Waals surface area contributed by atoms with E-state index in [9.17, 15) is 9.90 Å². The molecule has 112 valence electrons. The summed E-state index contributed by atoms with van der Waals surface area (Å²) in [5, 5.41) is 21.6. The van der Waals surface area contributed by atoms with Crippen LogP contribution in [0.25, 0.3) is 0 Å². The molecule has 0 aliphatic rings. The molecule has 1 unspecified atom stereocenters. The largest absolute Gasteiger partial charge is 0.476 e. The van der Waals surface area contributed by atoms with E-state index in [0.29, 0.717) is 24.5 Å². The first-order valence-corrected chi connectivity index (χ1v) is 6.46. The van der Waals surface area contributed by atoms with Gasteiger partial charge in [-0.25, -0.2) is 14.8 Å². The topological polar surface area (TPSA) is 105 Å². The molecule has 1 atom stereocenters. The number of carbonyl (C=O) groups is 1. The van der Waals surface area contributed by atoms with Crippen molar-refractivity contribution in [2.75, 3.05) is 25.6 Å². The second-order valence-electron chi connectivity index (χ2n) is 4.77. The van der Waals surface area contributed by atoms with E-state index in [-0.39, 0.29) is 18.2 Å². The van der Waals surface area contributed by atoms with Gasteiger partial charge in [0, 0.05) is 19.6 Å². The number of hydrogen-bond acceptors (Lipinski definition) is 6. The molecule has 0 bridgehead atoms. The summed E-state index contributed by atoms with van der Waals surface area (Å²) in [6, 6.07) is 0. The first kappa shape index (κ1) is 16.3. The van der Waals surface area contributed by atoms with Crippen LogP contribution >= 0.6 is 0 Å². The third-order valence-electron chi connectivity index (χ3n) is 2.68. The lowest BCUT2D eigenvalue weighted by atomic mass is 10.2. The highest BCUT2D eigenvalue weighted by molar-refractivity contribution is 5.91. The number of carboxylic acids is 1. The number of nitrogens with zero attached hydrogens (tertiary/aromatic N) is 2. The Bertz CT molecular complexity index is 451. The lowest BCUT2D eigenvalue weighted by Gasteiger charge is -2.13. The Morgan fingerprint density at radius 3 is 2.75 bits per heavy atom. The second-order valence-corrected chi connectivity index (χ2v) is 4.77. The van der Waals surface area contributed by atoms with Crippen LogP contribution in [0, 0.1) is 0 Å². The number of carboxylic acid groups (broad SMARTS) is 1. The van der Waals surface area contributed by atoms with Crippen molar-refractivity contribution in [2.24, 2.45) is 0 Å². The number of methoxy groups -OCH3 is 1. The van der Waals surface area contributed by atoms with Gasteiger partial charge in [0.05, 0.1) is 24.6 Å². The van der Waals surface area contributed by atoms with E-state index in [4.69, 9.17) is 9.84 Å². The van der Waals surface area contributed by atoms with Gasteiger partial charge in [-0.2, -0.15) is 0 Å². The molecule has 0 saturated heterocycles. The van der Waals surface area contributed by atoms with Gasteiger partial charge in [0.15, 0.2) is 5.69 Å². The smallest absolute Gasteiger partial charge is 0.356 e. The molecule has 0 aliphatic heterocycles. The van der Waals surface area contributed by atoms with Crippen molar-refractivity contribution in [1.29, 1.82) is 0 Å². The van der Waals surface area contributed by atoms with E-state index in [0.717, 1.165) is 0 Å². The van der Waals surface area contributed by atoms with Crippen LogP contribution in [0.4, 0.5) is 5.69 Å². The molecule has 0 radical (unpaired) electrons. The molecule has 0 aromatic carbocycles. The van der Waals surface area contributed by atoms with Crippen molar-refractivity contribution in [3.8, 4) is 0 Å². The van der Waals surface area contributed by atoms with Gasteiger partial charge in [-0.3, -0.25) is 0 Å². The summed E-state index contributed by atoms with van der Waals surface area (Å²) >= 11 is 0. The molecule has 1 rings (SSSR count). The average Bonchev–Trinajstić information content (AvgIpc) is 2.38.